The molecule has 0 aliphatic carbocycles. The third-order valence-electron chi connectivity index (χ3n) is 2.83. The van der Waals surface area contributed by atoms with Crippen LogP contribution in [0.3, 0.4) is 0 Å². The Morgan fingerprint density at radius 2 is 1.83 bits per heavy atom. The Kier molecular flexibility index (Phi) is 4.47. The topological polar surface area (TPSA) is 38.0 Å². The van der Waals surface area contributed by atoms with Crippen molar-refractivity contribution in [3.63, 3.8) is 0 Å². The highest BCUT2D eigenvalue weighted by Gasteiger charge is 2.17. The normalized spacial score (nSPS) is 12.4. The molecule has 18 heavy (non-hydrogen) atoms. The van der Waals surface area contributed by atoms with Crippen molar-refractivity contribution in [2.24, 2.45) is 5.84 Å². The Morgan fingerprint density at radius 1 is 1.11 bits per heavy atom. The lowest BCUT2D eigenvalue weighted by atomic mass is 9.99. The molecule has 2 aromatic carbocycles. The minimum absolute atomic E-state index is 0.261. The van der Waals surface area contributed by atoms with E-state index in [-0.39, 0.29) is 11.9 Å². The minimum atomic E-state index is -0.261. The fourth-order valence-corrected chi connectivity index (χ4v) is 2.56. The van der Waals surface area contributed by atoms with Crippen LogP contribution < -0.4 is 11.3 Å². The Morgan fingerprint density at radius 3 is 2.44 bits per heavy atom. The summed E-state index contributed by atoms with van der Waals surface area (Å²) in [4.78, 5) is 0. The quantitative estimate of drug-likeness (QED) is 0.671. The van der Waals surface area contributed by atoms with Crippen molar-refractivity contribution < 1.29 is 4.39 Å². The molecule has 0 radical (unpaired) electrons. The van der Waals surface area contributed by atoms with Crippen LogP contribution in [0.2, 0.25) is 0 Å². The predicted molar refractivity (Wildman–Crippen MR) is 74.3 cm³/mol. The zero-order valence-electron chi connectivity index (χ0n) is 9.74. The van der Waals surface area contributed by atoms with Gasteiger partial charge < -0.3 is 0 Å². The molecule has 0 fully saturated rings. The van der Waals surface area contributed by atoms with Crippen LogP contribution in [0.15, 0.2) is 53.0 Å². The number of nitrogens with one attached hydrogen (secondary N) is 1. The highest BCUT2D eigenvalue weighted by molar-refractivity contribution is 9.10. The van der Waals surface area contributed by atoms with E-state index in [2.05, 4.69) is 21.4 Å². The van der Waals surface area contributed by atoms with Gasteiger partial charge in [-0.2, -0.15) is 0 Å². The minimum Gasteiger partial charge on any atom is -0.271 e. The average molecular weight is 309 g/mol. The SMILES string of the molecule is NNC(Cc1ccccc1)c1c(F)cccc1Br. The van der Waals surface area contributed by atoms with E-state index in [9.17, 15) is 4.39 Å². The predicted octanol–water partition coefficient (Wildman–Crippen LogP) is 3.34. The number of hydrogen-bond donors (Lipinski definition) is 2. The third kappa shape index (κ3) is 2.96. The third-order valence-corrected chi connectivity index (χ3v) is 3.52. The number of halogens is 2. The lowest BCUT2D eigenvalue weighted by molar-refractivity contribution is 0.508. The molecule has 4 heteroatoms. The first-order valence-corrected chi connectivity index (χ1v) is 6.45. The highest BCUT2D eigenvalue weighted by Crippen LogP contribution is 2.28. The monoisotopic (exact) mass is 308 g/mol. The zero-order chi connectivity index (χ0) is 13.0. The molecule has 0 amide bonds. The summed E-state index contributed by atoms with van der Waals surface area (Å²) in [5.74, 6) is 5.29. The molecule has 1 atom stereocenters. The van der Waals surface area contributed by atoms with E-state index in [0.717, 1.165) is 10.0 Å². The van der Waals surface area contributed by atoms with Gasteiger partial charge in [0.15, 0.2) is 0 Å². The molecule has 0 aliphatic rings. The molecular formula is C14H14BrFN2. The molecule has 3 N–H and O–H groups in total. The van der Waals surface area contributed by atoms with E-state index in [1.807, 2.05) is 36.4 Å². The van der Waals surface area contributed by atoms with Crippen molar-refractivity contribution in [3.8, 4) is 0 Å². The first-order chi connectivity index (χ1) is 8.72. The number of hydrazine groups is 1. The van der Waals surface area contributed by atoms with E-state index in [4.69, 9.17) is 5.84 Å². The maximum absolute atomic E-state index is 13.9. The number of benzene rings is 2. The van der Waals surface area contributed by atoms with Gasteiger partial charge in [0.2, 0.25) is 0 Å². The average Bonchev–Trinajstić information content (AvgIpc) is 2.38. The molecule has 0 saturated heterocycles. The zero-order valence-corrected chi connectivity index (χ0v) is 11.3. The molecule has 1 unspecified atom stereocenters. The van der Waals surface area contributed by atoms with Crippen LogP contribution in [0.1, 0.15) is 17.2 Å². The van der Waals surface area contributed by atoms with Gasteiger partial charge in [-0.3, -0.25) is 11.3 Å². The Balaban J connectivity index is 2.29. The molecule has 94 valence electrons. The number of nitrogens with two attached hydrogens (primary N) is 1. The molecule has 2 aromatic rings. The summed E-state index contributed by atoms with van der Waals surface area (Å²) >= 11 is 3.37. The largest absolute Gasteiger partial charge is 0.271 e. The van der Waals surface area contributed by atoms with Crippen LogP contribution >= 0.6 is 15.9 Å². The first kappa shape index (κ1) is 13.2. The van der Waals surface area contributed by atoms with Crippen LogP contribution in [-0.4, -0.2) is 0 Å². The second-order valence-electron chi connectivity index (χ2n) is 4.04. The van der Waals surface area contributed by atoms with Gasteiger partial charge in [-0.05, 0) is 24.1 Å². The molecule has 0 heterocycles. The molecule has 0 bridgehead atoms. The van der Waals surface area contributed by atoms with E-state index >= 15 is 0 Å². The standard InChI is InChI=1S/C14H14BrFN2/c15-11-7-4-8-12(16)14(11)13(18-17)9-10-5-2-1-3-6-10/h1-8,13,18H,9,17H2. The molecule has 2 nitrogen and oxygen atoms in total. The van der Waals surface area contributed by atoms with Crippen LogP contribution in [0.4, 0.5) is 4.39 Å². The molecule has 0 aromatic heterocycles. The summed E-state index contributed by atoms with van der Waals surface area (Å²) in [6.07, 6.45) is 0.636. The summed E-state index contributed by atoms with van der Waals surface area (Å²) in [5.41, 5.74) is 4.34. The van der Waals surface area contributed by atoms with Gasteiger partial charge in [0.05, 0.1) is 6.04 Å². The Hall–Kier alpha value is -1.23. The van der Waals surface area contributed by atoms with E-state index < -0.39 is 0 Å². The Bertz CT molecular complexity index is 496. The van der Waals surface area contributed by atoms with Crippen LogP contribution in [0.25, 0.3) is 0 Å². The smallest absolute Gasteiger partial charge is 0.129 e. The van der Waals surface area contributed by atoms with E-state index in [0.29, 0.717) is 12.0 Å². The van der Waals surface area contributed by atoms with Gasteiger partial charge >= 0.3 is 0 Å². The molecule has 2 rings (SSSR count). The van der Waals surface area contributed by atoms with Crippen LogP contribution in [0, 0.1) is 5.82 Å². The van der Waals surface area contributed by atoms with Gasteiger partial charge in [0, 0.05) is 10.0 Å². The highest BCUT2D eigenvalue weighted by atomic mass is 79.9. The Labute approximate surface area is 114 Å². The fourth-order valence-electron chi connectivity index (χ4n) is 1.94. The second-order valence-corrected chi connectivity index (χ2v) is 4.90. The van der Waals surface area contributed by atoms with Crippen molar-refractivity contribution in [2.45, 2.75) is 12.5 Å². The summed E-state index contributed by atoms with van der Waals surface area (Å²) < 4.78 is 14.6. The van der Waals surface area contributed by atoms with Gasteiger partial charge in [-0.1, -0.05) is 52.3 Å². The summed E-state index contributed by atoms with van der Waals surface area (Å²) in [5, 5.41) is 0. The lowest BCUT2D eigenvalue weighted by Gasteiger charge is -2.18. The van der Waals surface area contributed by atoms with Crippen molar-refractivity contribution in [2.75, 3.05) is 0 Å². The molecule has 0 spiro atoms. The maximum Gasteiger partial charge on any atom is 0.129 e. The number of rotatable bonds is 4. The van der Waals surface area contributed by atoms with E-state index in [1.165, 1.54) is 6.07 Å². The van der Waals surface area contributed by atoms with Crippen molar-refractivity contribution in [1.82, 2.24) is 5.43 Å². The van der Waals surface area contributed by atoms with Crippen LogP contribution in [-0.2, 0) is 6.42 Å². The van der Waals surface area contributed by atoms with Crippen molar-refractivity contribution in [3.05, 3.63) is 69.9 Å². The van der Waals surface area contributed by atoms with Gasteiger partial charge in [-0.15, -0.1) is 0 Å². The van der Waals surface area contributed by atoms with Crippen LogP contribution in [0.5, 0.6) is 0 Å². The van der Waals surface area contributed by atoms with Gasteiger partial charge in [-0.25, -0.2) is 4.39 Å². The summed E-state index contributed by atoms with van der Waals surface area (Å²) in [7, 11) is 0. The molecule has 0 saturated carbocycles. The van der Waals surface area contributed by atoms with Crippen molar-refractivity contribution in [1.29, 1.82) is 0 Å². The second kappa shape index (κ2) is 6.09. The molecular weight excluding hydrogens is 295 g/mol. The van der Waals surface area contributed by atoms with Crippen molar-refractivity contribution >= 4 is 15.9 Å². The van der Waals surface area contributed by atoms with E-state index in [1.54, 1.807) is 6.07 Å². The lowest BCUT2D eigenvalue weighted by Crippen LogP contribution is -2.30. The maximum atomic E-state index is 13.9. The summed E-state index contributed by atoms with van der Waals surface area (Å²) in [6, 6.07) is 14.5. The fraction of sp³-hybridized carbons (Fsp3) is 0.143. The van der Waals surface area contributed by atoms with Gasteiger partial charge in [0.1, 0.15) is 5.82 Å². The molecule has 0 aliphatic heterocycles. The van der Waals surface area contributed by atoms with Gasteiger partial charge in [0.25, 0.3) is 0 Å². The number of hydrogen-bond acceptors (Lipinski definition) is 2. The first-order valence-electron chi connectivity index (χ1n) is 5.66. The summed E-state index contributed by atoms with van der Waals surface area (Å²) in [6.45, 7) is 0.